The summed E-state index contributed by atoms with van der Waals surface area (Å²) < 4.78 is 5.15. The molecule has 0 saturated heterocycles. The molecule has 1 aromatic heterocycles. The quantitative estimate of drug-likeness (QED) is 0.909. The first-order valence-electron chi connectivity index (χ1n) is 7.83. The van der Waals surface area contributed by atoms with Crippen molar-refractivity contribution in [2.24, 2.45) is 11.1 Å². The maximum Gasteiger partial charge on any atom is 0.290 e. The average molecular weight is 313 g/mol. The Kier molecular flexibility index (Phi) is 3.56. The lowest BCUT2D eigenvalue weighted by atomic mass is 10.0. The first-order chi connectivity index (χ1) is 10.7. The highest BCUT2D eigenvalue weighted by molar-refractivity contribution is 5.92. The van der Waals surface area contributed by atoms with Crippen molar-refractivity contribution < 1.29 is 9.32 Å². The molecule has 2 atom stereocenters. The summed E-state index contributed by atoms with van der Waals surface area (Å²) in [6, 6.07) is 11.9. The van der Waals surface area contributed by atoms with E-state index in [9.17, 15) is 4.79 Å². The lowest BCUT2D eigenvalue weighted by molar-refractivity contribution is 0.0908. The summed E-state index contributed by atoms with van der Waals surface area (Å²) in [5.41, 5.74) is 7.17. The standard InChI is InChI=1S/C18H23N3O2/c1-17(2)14(11-8-6-5-7-9-11)15(17)20-16(22)12-10-13(21-23-12)18(3,4)19/h5-10,14-15H,19H2,1-4H3,(H,20,22)/t14-,15-/m1/s1. The number of nitrogens with two attached hydrogens (primary N) is 1. The molecule has 0 unspecified atom stereocenters. The molecule has 1 aliphatic carbocycles. The molecule has 1 heterocycles. The third kappa shape index (κ3) is 2.88. The van der Waals surface area contributed by atoms with Crippen molar-refractivity contribution in [3.63, 3.8) is 0 Å². The highest BCUT2D eigenvalue weighted by Gasteiger charge is 2.59. The second kappa shape index (κ2) is 5.20. The van der Waals surface area contributed by atoms with Gasteiger partial charge in [0.1, 0.15) is 5.69 Å². The number of amides is 1. The second-order valence-electron chi connectivity index (χ2n) is 7.46. The van der Waals surface area contributed by atoms with Crippen molar-refractivity contribution in [1.82, 2.24) is 10.5 Å². The molecule has 0 bridgehead atoms. The van der Waals surface area contributed by atoms with E-state index in [1.54, 1.807) is 6.07 Å². The molecular formula is C18H23N3O2. The number of carbonyl (C=O) groups excluding carboxylic acids is 1. The Balaban J connectivity index is 1.73. The normalized spacial score (nSPS) is 22.7. The molecule has 0 radical (unpaired) electrons. The second-order valence-corrected chi connectivity index (χ2v) is 7.46. The fourth-order valence-electron chi connectivity index (χ4n) is 3.09. The van der Waals surface area contributed by atoms with Crippen LogP contribution in [0.15, 0.2) is 40.9 Å². The predicted octanol–water partition coefficient (Wildman–Crippen LogP) is 2.79. The molecular weight excluding hydrogens is 290 g/mol. The molecule has 1 saturated carbocycles. The van der Waals surface area contributed by atoms with E-state index in [0.717, 1.165) is 0 Å². The largest absolute Gasteiger partial charge is 0.351 e. The Morgan fingerprint density at radius 2 is 1.96 bits per heavy atom. The zero-order valence-electron chi connectivity index (χ0n) is 14.0. The highest BCUT2D eigenvalue weighted by Crippen LogP contribution is 2.58. The van der Waals surface area contributed by atoms with E-state index in [1.807, 2.05) is 32.0 Å². The maximum absolute atomic E-state index is 12.4. The Morgan fingerprint density at radius 1 is 1.30 bits per heavy atom. The van der Waals surface area contributed by atoms with Gasteiger partial charge in [-0.15, -0.1) is 0 Å². The molecule has 1 fully saturated rings. The monoisotopic (exact) mass is 313 g/mol. The van der Waals surface area contributed by atoms with Crippen molar-refractivity contribution in [3.8, 4) is 0 Å². The highest BCUT2D eigenvalue weighted by atomic mass is 16.5. The molecule has 5 heteroatoms. The van der Waals surface area contributed by atoms with Gasteiger partial charge in [0.2, 0.25) is 5.76 Å². The average Bonchev–Trinajstić information content (AvgIpc) is 2.87. The van der Waals surface area contributed by atoms with Crippen molar-refractivity contribution in [3.05, 3.63) is 53.4 Å². The van der Waals surface area contributed by atoms with Crippen LogP contribution >= 0.6 is 0 Å². The van der Waals surface area contributed by atoms with E-state index >= 15 is 0 Å². The molecule has 3 rings (SSSR count). The maximum atomic E-state index is 12.4. The molecule has 5 nitrogen and oxygen atoms in total. The van der Waals surface area contributed by atoms with Gasteiger partial charge in [-0.3, -0.25) is 4.79 Å². The Labute approximate surface area is 136 Å². The number of carbonyl (C=O) groups is 1. The van der Waals surface area contributed by atoms with Gasteiger partial charge in [-0.1, -0.05) is 49.3 Å². The number of benzene rings is 1. The van der Waals surface area contributed by atoms with Crippen LogP contribution in [0, 0.1) is 5.41 Å². The zero-order valence-corrected chi connectivity index (χ0v) is 14.0. The molecule has 0 aliphatic heterocycles. The van der Waals surface area contributed by atoms with Gasteiger partial charge in [0.15, 0.2) is 0 Å². The van der Waals surface area contributed by atoms with Crippen LogP contribution in [0.3, 0.4) is 0 Å². The van der Waals surface area contributed by atoms with Gasteiger partial charge < -0.3 is 15.6 Å². The summed E-state index contributed by atoms with van der Waals surface area (Å²) in [5.74, 6) is 0.263. The number of nitrogens with zero attached hydrogens (tertiary/aromatic N) is 1. The van der Waals surface area contributed by atoms with Gasteiger partial charge in [0.25, 0.3) is 5.91 Å². The third-order valence-corrected chi connectivity index (χ3v) is 4.67. The number of rotatable bonds is 4. The van der Waals surface area contributed by atoms with E-state index in [4.69, 9.17) is 10.3 Å². The minimum atomic E-state index is -0.631. The van der Waals surface area contributed by atoms with Gasteiger partial charge in [0, 0.05) is 18.0 Å². The van der Waals surface area contributed by atoms with Crippen LogP contribution in [0.25, 0.3) is 0 Å². The van der Waals surface area contributed by atoms with Crippen molar-refractivity contribution in [1.29, 1.82) is 0 Å². The van der Waals surface area contributed by atoms with Crippen LogP contribution in [-0.2, 0) is 5.54 Å². The summed E-state index contributed by atoms with van der Waals surface area (Å²) >= 11 is 0. The summed E-state index contributed by atoms with van der Waals surface area (Å²) in [6.45, 7) is 7.96. The minimum Gasteiger partial charge on any atom is -0.351 e. The summed E-state index contributed by atoms with van der Waals surface area (Å²) in [6.07, 6.45) is 0. The third-order valence-electron chi connectivity index (χ3n) is 4.67. The number of aromatic nitrogens is 1. The molecule has 2 aromatic rings. The Bertz CT molecular complexity index is 713. The fourth-order valence-corrected chi connectivity index (χ4v) is 3.09. The van der Waals surface area contributed by atoms with Crippen LogP contribution in [0.2, 0.25) is 0 Å². The van der Waals surface area contributed by atoms with Crippen LogP contribution in [0.1, 0.15) is 55.4 Å². The van der Waals surface area contributed by atoms with Crippen molar-refractivity contribution in [2.45, 2.75) is 45.2 Å². The predicted molar refractivity (Wildman–Crippen MR) is 87.9 cm³/mol. The Hall–Kier alpha value is -2.14. The molecule has 0 spiro atoms. The molecule has 23 heavy (non-hydrogen) atoms. The van der Waals surface area contributed by atoms with E-state index in [2.05, 4.69) is 36.5 Å². The van der Waals surface area contributed by atoms with E-state index in [-0.39, 0.29) is 23.1 Å². The Morgan fingerprint density at radius 3 is 2.52 bits per heavy atom. The molecule has 122 valence electrons. The van der Waals surface area contributed by atoms with Gasteiger partial charge in [-0.05, 0) is 24.8 Å². The van der Waals surface area contributed by atoms with Crippen molar-refractivity contribution in [2.75, 3.05) is 0 Å². The van der Waals surface area contributed by atoms with Gasteiger partial charge >= 0.3 is 0 Å². The van der Waals surface area contributed by atoms with Crippen LogP contribution in [-0.4, -0.2) is 17.1 Å². The minimum absolute atomic E-state index is 0.0208. The zero-order chi connectivity index (χ0) is 16.8. The van der Waals surface area contributed by atoms with Gasteiger partial charge in [-0.2, -0.15) is 0 Å². The molecule has 1 aromatic carbocycles. The van der Waals surface area contributed by atoms with Gasteiger partial charge in [-0.25, -0.2) is 0 Å². The first kappa shape index (κ1) is 15.7. The SMILES string of the molecule is CC(C)(N)c1cc(C(=O)N[C@@H]2[C@@H](c3ccccc3)C2(C)C)on1. The van der Waals surface area contributed by atoms with E-state index < -0.39 is 5.54 Å². The van der Waals surface area contributed by atoms with Gasteiger partial charge in [0.05, 0.1) is 5.54 Å². The van der Waals surface area contributed by atoms with Crippen LogP contribution in [0.4, 0.5) is 0 Å². The number of hydrogen-bond acceptors (Lipinski definition) is 4. The van der Waals surface area contributed by atoms with Crippen LogP contribution < -0.4 is 11.1 Å². The number of nitrogens with one attached hydrogen (secondary N) is 1. The smallest absolute Gasteiger partial charge is 0.290 e. The summed E-state index contributed by atoms with van der Waals surface area (Å²) in [5, 5.41) is 6.95. The van der Waals surface area contributed by atoms with E-state index in [0.29, 0.717) is 11.6 Å². The lowest BCUT2D eigenvalue weighted by Gasteiger charge is -2.12. The molecule has 1 aliphatic rings. The summed E-state index contributed by atoms with van der Waals surface area (Å²) in [7, 11) is 0. The number of hydrogen-bond donors (Lipinski definition) is 2. The fraction of sp³-hybridized carbons (Fsp3) is 0.444. The summed E-state index contributed by atoms with van der Waals surface area (Å²) in [4.78, 5) is 12.4. The van der Waals surface area contributed by atoms with Crippen LogP contribution in [0.5, 0.6) is 0 Å². The topological polar surface area (TPSA) is 81.2 Å². The first-order valence-corrected chi connectivity index (χ1v) is 7.83. The lowest BCUT2D eigenvalue weighted by Crippen LogP contribution is -2.30. The molecule has 3 N–H and O–H groups in total. The molecule has 1 amide bonds. The van der Waals surface area contributed by atoms with E-state index in [1.165, 1.54) is 5.56 Å². The van der Waals surface area contributed by atoms with Crippen molar-refractivity contribution >= 4 is 5.91 Å².